The highest BCUT2D eigenvalue weighted by Crippen LogP contribution is 2.38. The summed E-state index contributed by atoms with van der Waals surface area (Å²) >= 11 is 1.71. The molecule has 0 heterocycles. The second-order valence-electron chi connectivity index (χ2n) is 5.33. The van der Waals surface area contributed by atoms with E-state index < -0.39 is 10.1 Å². The van der Waals surface area contributed by atoms with Gasteiger partial charge in [-0.1, -0.05) is 37.5 Å². The van der Waals surface area contributed by atoms with Gasteiger partial charge in [-0.05, 0) is 30.7 Å². The maximum atomic E-state index is 11.5. The van der Waals surface area contributed by atoms with Crippen molar-refractivity contribution in [2.24, 2.45) is 0 Å². The average molecular weight is 314 g/mol. The maximum Gasteiger partial charge on any atom is 0.264 e. The minimum atomic E-state index is -3.41. The fourth-order valence-electron chi connectivity index (χ4n) is 2.94. The fraction of sp³-hybridized carbons (Fsp3) is 0.600. The molecule has 0 amide bonds. The van der Waals surface area contributed by atoms with E-state index in [4.69, 9.17) is 4.18 Å². The zero-order valence-corrected chi connectivity index (χ0v) is 13.7. The average Bonchev–Trinajstić information content (AvgIpc) is 2.62. The quantitative estimate of drug-likeness (QED) is 0.482. The van der Waals surface area contributed by atoms with Gasteiger partial charge in [0.2, 0.25) is 0 Å². The van der Waals surface area contributed by atoms with Crippen molar-refractivity contribution in [1.82, 2.24) is 0 Å². The van der Waals surface area contributed by atoms with Crippen molar-refractivity contribution >= 4 is 21.9 Å². The third-order valence-electron chi connectivity index (χ3n) is 3.79. The Morgan fingerprint density at radius 3 is 2.55 bits per heavy atom. The zero-order chi connectivity index (χ0) is 14.6. The van der Waals surface area contributed by atoms with Gasteiger partial charge in [0.05, 0.1) is 12.4 Å². The highest BCUT2D eigenvalue weighted by atomic mass is 32.2. The Hall–Kier alpha value is -0.520. The van der Waals surface area contributed by atoms with Crippen LogP contribution in [0.2, 0.25) is 0 Å². The summed E-state index contributed by atoms with van der Waals surface area (Å²) in [5.41, 5.74) is 1.23. The molecular weight excluding hydrogens is 292 g/mol. The molecule has 0 spiro atoms. The first-order chi connectivity index (χ1) is 9.51. The largest absolute Gasteiger partial charge is 0.266 e. The van der Waals surface area contributed by atoms with Crippen LogP contribution < -0.4 is 0 Å². The third-order valence-corrected chi connectivity index (χ3v) is 5.20. The normalized spacial score (nSPS) is 24.3. The van der Waals surface area contributed by atoms with Gasteiger partial charge in [0.25, 0.3) is 10.1 Å². The molecule has 3 nitrogen and oxygen atoms in total. The SMILES string of the molecule is CSc1ccccc1[C@@H]1CCCCC[C@H]1OS(C)(=O)=O. The molecule has 0 unspecified atom stereocenters. The minimum Gasteiger partial charge on any atom is -0.266 e. The van der Waals surface area contributed by atoms with E-state index in [9.17, 15) is 8.42 Å². The van der Waals surface area contributed by atoms with Gasteiger partial charge < -0.3 is 0 Å². The van der Waals surface area contributed by atoms with Gasteiger partial charge in [0.15, 0.2) is 0 Å². The van der Waals surface area contributed by atoms with Crippen LogP contribution in [-0.4, -0.2) is 27.0 Å². The molecule has 0 bridgehead atoms. The molecule has 0 radical (unpaired) electrons. The van der Waals surface area contributed by atoms with Crippen molar-refractivity contribution in [3.63, 3.8) is 0 Å². The van der Waals surface area contributed by atoms with Crippen LogP contribution in [0.3, 0.4) is 0 Å². The van der Waals surface area contributed by atoms with E-state index >= 15 is 0 Å². The summed E-state index contributed by atoms with van der Waals surface area (Å²) in [5, 5.41) is 0. The molecular formula is C15H22O3S2. The molecule has 1 fully saturated rings. The topological polar surface area (TPSA) is 43.4 Å². The van der Waals surface area contributed by atoms with E-state index in [0.29, 0.717) is 0 Å². The summed E-state index contributed by atoms with van der Waals surface area (Å²) in [6, 6.07) is 8.26. The summed E-state index contributed by atoms with van der Waals surface area (Å²) in [6.07, 6.45) is 8.13. The lowest BCUT2D eigenvalue weighted by Crippen LogP contribution is -2.24. The van der Waals surface area contributed by atoms with E-state index in [1.807, 2.05) is 12.1 Å². The molecule has 1 aromatic carbocycles. The lowest BCUT2D eigenvalue weighted by Gasteiger charge is -2.26. The van der Waals surface area contributed by atoms with Crippen molar-refractivity contribution in [1.29, 1.82) is 0 Å². The molecule has 5 heteroatoms. The molecule has 1 aromatic rings. The van der Waals surface area contributed by atoms with Crippen LogP contribution in [0.1, 0.15) is 43.6 Å². The van der Waals surface area contributed by atoms with Crippen LogP contribution in [0, 0.1) is 0 Å². The predicted octanol–water partition coefficient (Wildman–Crippen LogP) is 3.80. The number of hydrogen-bond acceptors (Lipinski definition) is 4. The molecule has 2 atom stereocenters. The van der Waals surface area contributed by atoms with Crippen LogP contribution in [0.15, 0.2) is 29.2 Å². The van der Waals surface area contributed by atoms with Crippen molar-refractivity contribution in [3.8, 4) is 0 Å². The lowest BCUT2D eigenvalue weighted by atomic mass is 9.89. The highest BCUT2D eigenvalue weighted by Gasteiger charge is 2.30. The van der Waals surface area contributed by atoms with Crippen LogP contribution in [0.25, 0.3) is 0 Å². The Kier molecular flexibility index (Phi) is 5.52. The zero-order valence-electron chi connectivity index (χ0n) is 12.0. The van der Waals surface area contributed by atoms with Gasteiger partial charge in [0, 0.05) is 10.8 Å². The van der Waals surface area contributed by atoms with Gasteiger partial charge in [-0.3, -0.25) is 4.18 Å². The van der Waals surface area contributed by atoms with Gasteiger partial charge in [0.1, 0.15) is 0 Å². The van der Waals surface area contributed by atoms with Gasteiger partial charge >= 0.3 is 0 Å². The molecule has 1 saturated carbocycles. The minimum absolute atomic E-state index is 0.177. The molecule has 0 N–H and O–H groups in total. The standard InChI is InChI=1S/C15H22O3S2/c1-19-15-11-7-6-9-13(15)12-8-4-3-5-10-14(12)18-20(2,16)17/h6-7,9,11-12,14H,3-5,8,10H2,1-2H3/t12-,14+/m0/s1. The van der Waals surface area contributed by atoms with Crippen LogP contribution >= 0.6 is 11.8 Å². The van der Waals surface area contributed by atoms with E-state index in [0.717, 1.165) is 38.4 Å². The van der Waals surface area contributed by atoms with Crippen molar-refractivity contribution < 1.29 is 12.6 Å². The molecule has 0 saturated heterocycles. The highest BCUT2D eigenvalue weighted by molar-refractivity contribution is 7.98. The first kappa shape index (κ1) is 15.9. The lowest BCUT2D eigenvalue weighted by molar-refractivity contribution is 0.169. The molecule has 112 valence electrons. The summed E-state index contributed by atoms with van der Waals surface area (Å²) in [7, 11) is -3.41. The first-order valence-corrected chi connectivity index (χ1v) is 10.1. The summed E-state index contributed by atoms with van der Waals surface area (Å²) in [6.45, 7) is 0. The Bertz CT molecular complexity index is 540. The molecule has 2 rings (SSSR count). The van der Waals surface area contributed by atoms with Gasteiger partial charge in [-0.15, -0.1) is 11.8 Å². The molecule has 1 aliphatic carbocycles. The smallest absolute Gasteiger partial charge is 0.264 e. The molecule has 1 aliphatic rings. The van der Waals surface area contributed by atoms with E-state index in [1.165, 1.54) is 10.5 Å². The summed E-state index contributed by atoms with van der Waals surface area (Å²) in [4.78, 5) is 1.22. The summed E-state index contributed by atoms with van der Waals surface area (Å²) < 4.78 is 28.4. The molecule has 0 aromatic heterocycles. The Morgan fingerprint density at radius 1 is 1.15 bits per heavy atom. The van der Waals surface area contributed by atoms with Crippen LogP contribution in [0.5, 0.6) is 0 Å². The van der Waals surface area contributed by atoms with E-state index in [1.54, 1.807) is 11.8 Å². The summed E-state index contributed by atoms with van der Waals surface area (Å²) in [5.74, 6) is 0.177. The predicted molar refractivity (Wildman–Crippen MR) is 83.8 cm³/mol. The monoisotopic (exact) mass is 314 g/mol. The van der Waals surface area contributed by atoms with Crippen molar-refractivity contribution in [2.45, 2.75) is 49.0 Å². The second kappa shape index (κ2) is 6.96. The fourth-order valence-corrected chi connectivity index (χ4v) is 4.29. The number of thioether (sulfide) groups is 1. The Morgan fingerprint density at radius 2 is 1.85 bits per heavy atom. The van der Waals surface area contributed by atoms with E-state index in [-0.39, 0.29) is 12.0 Å². The van der Waals surface area contributed by atoms with Crippen LogP contribution in [0.4, 0.5) is 0 Å². The van der Waals surface area contributed by atoms with Crippen LogP contribution in [-0.2, 0) is 14.3 Å². The molecule has 0 aliphatic heterocycles. The molecule has 20 heavy (non-hydrogen) atoms. The van der Waals surface area contributed by atoms with Crippen molar-refractivity contribution in [2.75, 3.05) is 12.5 Å². The Balaban J connectivity index is 2.32. The van der Waals surface area contributed by atoms with E-state index in [2.05, 4.69) is 18.4 Å². The number of rotatable bonds is 4. The maximum absolute atomic E-state index is 11.5. The number of hydrogen-bond donors (Lipinski definition) is 0. The Labute approximate surface area is 126 Å². The number of benzene rings is 1. The third kappa shape index (κ3) is 4.24. The van der Waals surface area contributed by atoms with Crippen molar-refractivity contribution in [3.05, 3.63) is 29.8 Å². The van der Waals surface area contributed by atoms with Gasteiger partial charge in [-0.25, -0.2) is 0 Å². The van der Waals surface area contributed by atoms with Gasteiger partial charge in [-0.2, -0.15) is 8.42 Å². The second-order valence-corrected chi connectivity index (χ2v) is 7.77. The first-order valence-electron chi connectivity index (χ1n) is 7.02.